The number of allylic oxidation sites excluding steroid dienone is 1. The Morgan fingerprint density at radius 1 is 1.53 bits per heavy atom. The third kappa shape index (κ3) is 1.36. The van der Waals surface area contributed by atoms with Crippen LogP contribution in [0.3, 0.4) is 0 Å². The van der Waals surface area contributed by atoms with Crippen LogP contribution in [0.1, 0.15) is 16.1 Å². The second-order valence-corrected chi connectivity index (χ2v) is 3.54. The number of methoxy groups -OCH3 is 1. The number of hydrogen-bond acceptors (Lipinski definition) is 6. The van der Waals surface area contributed by atoms with E-state index in [2.05, 4.69) is 24.9 Å². The lowest BCUT2D eigenvalue weighted by molar-refractivity contribution is 0.0594. The number of fused-ring (bicyclic) bond motifs is 3. The van der Waals surface area contributed by atoms with Crippen LogP contribution in [-0.2, 0) is 4.74 Å². The van der Waals surface area contributed by atoms with Gasteiger partial charge < -0.3 is 9.64 Å². The van der Waals surface area contributed by atoms with Crippen LogP contribution in [0, 0.1) is 0 Å². The maximum Gasteiger partial charge on any atom is 0.356 e. The molecule has 0 saturated carbocycles. The first-order valence-electron chi connectivity index (χ1n) is 4.98. The summed E-state index contributed by atoms with van der Waals surface area (Å²) in [5.41, 5.74) is 1.77. The topological polar surface area (TPSA) is 82.9 Å². The summed E-state index contributed by atoms with van der Waals surface area (Å²) in [5, 5.41) is 6.78. The predicted octanol–water partition coefficient (Wildman–Crippen LogP) is 0.319. The molecule has 0 bridgehead atoms. The number of hydrogen-bond donors (Lipinski definition) is 1. The molecule has 7 heteroatoms. The maximum absolute atomic E-state index is 11.5. The summed E-state index contributed by atoms with van der Waals surface area (Å²) in [4.78, 5) is 21.6. The number of anilines is 1. The molecule has 0 saturated heterocycles. The van der Waals surface area contributed by atoms with Gasteiger partial charge in [-0.25, -0.2) is 4.79 Å². The Balaban J connectivity index is 2.11. The van der Waals surface area contributed by atoms with E-state index in [1.54, 1.807) is 18.6 Å². The van der Waals surface area contributed by atoms with Gasteiger partial charge >= 0.3 is 5.97 Å². The second kappa shape index (κ2) is 3.55. The first-order chi connectivity index (χ1) is 8.31. The molecule has 0 amide bonds. The number of rotatable bonds is 1. The van der Waals surface area contributed by atoms with Gasteiger partial charge in [-0.1, -0.05) is 0 Å². The monoisotopic (exact) mass is 231 g/mol. The van der Waals surface area contributed by atoms with E-state index in [-0.39, 0.29) is 0 Å². The molecule has 0 aromatic carbocycles. The normalized spacial score (nSPS) is 16.3. The van der Waals surface area contributed by atoms with E-state index < -0.39 is 5.97 Å². The molecule has 0 aliphatic carbocycles. The third-order valence-electron chi connectivity index (χ3n) is 2.60. The summed E-state index contributed by atoms with van der Waals surface area (Å²) in [6, 6.07) is 0. The largest absolute Gasteiger partial charge is 0.464 e. The van der Waals surface area contributed by atoms with Crippen LogP contribution in [0.2, 0.25) is 0 Å². The van der Waals surface area contributed by atoms with Crippen molar-refractivity contribution < 1.29 is 9.53 Å². The van der Waals surface area contributed by atoms with E-state index >= 15 is 0 Å². The number of carbonyl (C=O) groups is 1. The Kier molecular flexibility index (Phi) is 2.04. The molecule has 0 spiro atoms. The SMILES string of the molecule is COC(=O)c1[nH]nc2c1C=NC=C1C=NCN12. The molecule has 3 heterocycles. The molecule has 1 N–H and O–H groups in total. The Morgan fingerprint density at radius 2 is 2.41 bits per heavy atom. The molecule has 0 unspecified atom stereocenters. The summed E-state index contributed by atoms with van der Waals surface area (Å²) in [5.74, 6) is 0.171. The van der Waals surface area contributed by atoms with Gasteiger partial charge in [0.05, 0.1) is 24.6 Å². The molecule has 0 atom stereocenters. The summed E-state index contributed by atoms with van der Waals surface area (Å²) in [7, 11) is 1.33. The van der Waals surface area contributed by atoms with Gasteiger partial charge in [-0.2, -0.15) is 5.10 Å². The van der Waals surface area contributed by atoms with Gasteiger partial charge in [-0.05, 0) is 0 Å². The summed E-state index contributed by atoms with van der Waals surface area (Å²) in [6.45, 7) is 0.480. The molecule has 2 aliphatic rings. The van der Waals surface area contributed by atoms with Crippen LogP contribution in [0.4, 0.5) is 5.82 Å². The highest BCUT2D eigenvalue weighted by molar-refractivity contribution is 6.03. The van der Waals surface area contributed by atoms with Crippen LogP contribution < -0.4 is 4.90 Å². The van der Waals surface area contributed by atoms with Gasteiger partial charge in [-0.15, -0.1) is 0 Å². The number of esters is 1. The lowest BCUT2D eigenvalue weighted by Crippen LogP contribution is -2.19. The quantitative estimate of drug-likeness (QED) is 0.705. The number of aliphatic imine (C=N–C) groups is 2. The fourth-order valence-electron chi connectivity index (χ4n) is 1.77. The Morgan fingerprint density at radius 3 is 3.24 bits per heavy atom. The van der Waals surface area contributed by atoms with E-state index in [0.29, 0.717) is 23.7 Å². The van der Waals surface area contributed by atoms with Crippen molar-refractivity contribution in [3.63, 3.8) is 0 Å². The lowest BCUT2D eigenvalue weighted by atomic mass is 10.2. The standard InChI is InChI=1S/C10H9N5O2/c1-17-10(16)8-7-4-11-2-6-3-12-5-15(6)9(7)14-13-8/h2-4H,5H2,1H3,(H,13,14). The van der Waals surface area contributed by atoms with Crippen LogP contribution in [0.15, 0.2) is 21.9 Å². The molecule has 0 fully saturated rings. The third-order valence-corrected chi connectivity index (χ3v) is 2.60. The first kappa shape index (κ1) is 9.76. The highest BCUT2D eigenvalue weighted by atomic mass is 16.5. The van der Waals surface area contributed by atoms with Gasteiger partial charge in [0.2, 0.25) is 0 Å². The molecule has 7 nitrogen and oxygen atoms in total. The van der Waals surface area contributed by atoms with Crippen molar-refractivity contribution in [2.45, 2.75) is 0 Å². The zero-order valence-corrected chi connectivity index (χ0v) is 9.04. The zero-order valence-electron chi connectivity index (χ0n) is 9.04. The van der Waals surface area contributed by atoms with Gasteiger partial charge in [0.25, 0.3) is 0 Å². The summed E-state index contributed by atoms with van der Waals surface area (Å²) < 4.78 is 4.67. The number of carbonyl (C=O) groups excluding carboxylic acids is 1. The number of H-pyrrole nitrogens is 1. The van der Waals surface area contributed by atoms with Crippen LogP contribution >= 0.6 is 0 Å². The first-order valence-corrected chi connectivity index (χ1v) is 4.98. The van der Waals surface area contributed by atoms with Crippen molar-refractivity contribution >= 4 is 24.2 Å². The van der Waals surface area contributed by atoms with Crippen molar-refractivity contribution in [1.82, 2.24) is 10.2 Å². The molecule has 1 aromatic rings. The Labute approximate surface area is 96.5 Å². The van der Waals surface area contributed by atoms with Crippen LogP contribution in [0.5, 0.6) is 0 Å². The van der Waals surface area contributed by atoms with Crippen molar-refractivity contribution in [1.29, 1.82) is 0 Å². The minimum Gasteiger partial charge on any atom is -0.464 e. The summed E-state index contributed by atoms with van der Waals surface area (Å²) >= 11 is 0. The highest BCUT2D eigenvalue weighted by Crippen LogP contribution is 2.27. The van der Waals surface area contributed by atoms with Crippen molar-refractivity contribution in [3.8, 4) is 0 Å². The summed E-state index contributed by atoms with van der Waals surface area (Å²) in [6.07, 6.45) is 4.99. The van der Waals surface area contributed by atoms with Crippen molar-refractivity contribution in [2.24, 2.45) is 9.98 Å². The highest BCUT2D eigenvalue weighted by Gasteiger charge is 2.26. The Hall–Kier alpha value is -2.44. The number of nitrogens with one attached hydrogen (secondary N) is 1. The smallest absolute Gasteiger partial charge is 0.356 e. The fraction of sp³-hybridized carbons (Fsp3) is 0.200. The van der Waals surface area contributed by atoms with E-state index in [4.69, 9.17) is 0 Å². The molecule has 0 radical (unpaired) electrons. The number of ether oxygens (including phenoxy) is 1. The van der Waals surface area contributed by atoms with E-state index in [1.165, 1.54) is 7.11 Å². The van der Waals surface area contributed by atoms with Crippen molar-refractivity contribution in [3.05, 3.63) is 23.2 Å². The lowest BCUT2D eigenvalue weighted by Gasteiger charge is -2.14. The maximum atomic E-state index is 11.5. The molecule has 86 valence electrons. The fourth-order valence-corrected chi connectivity index (χ4v) is 1.77. The van der Waals surface area contributed by atoms with Gasteiger partial charge in [0.15, 0.2) is 11.5 Å². The molecular weight excluding hydrogens is 222 g/mol. The van der Waals surface area contributed by atoms with Gasteiger partial charge in [-0.3, -0.25) is 15.1 Å². The number of nitrogens with zero attached hydrogens (tertiary/aromatic N) is 4. The average molecular weight is 231 g/mol. The van der Waals surface area contributed by atoms with Crippen LogP contribution in [-0.4, -0.2) is 42.4 Å². The number of aromatic amines is 1. The average Bonchev–Trinajstić information content (AvgIpc) is 2.92. The Bertz CT molecular complexity index is 569. The number of aromatic nitrogens is 2. The van der Waals surface area contributed by atoms with E-state index in [0.717, 1.165) is 5.70 Å². The minimum atomic E-state index is -0.464. The second-order valence-electron chi connectivity index (χ2n) is 3.54. The predicted molar refractivity (Wildman–Crippen MR) is 61.4 cm³/mol. The minimum absolute atomic E-state index is 0.299. The van der Waals surface area contributed by atoms with E-state index in [1.807, 2.05) is 4.90 Å². The van der Waals surface area contributed by atoms with Gasteiger partial charge in [0, 0.05) is 12.4 Å². The molecular formula is C10H9N5O2. The van der Waals surface area contributed by atoms with Crippen molar-refractivity contribution in [2.75, 3.05) is 18.7 Å². The van der Waals surface area contributed by atoms with Gasteiger partial charge in [0.1, 0.15) is 6.67 Å². The van der Waals surface area contributed by atoms with Crippen LogP contribution in [0.25, 0.3) is 0 Å². The zero-order chi connectivity index (χ0) is 11.8. The molecule has 2 aliphatic heterocycles. The van der Waals surface area contributed by atoms with E-state index in [9.17, 15) is 4.79 Å². The molecule has 17 heavy (non-hydrogen) atoms. The molecule has 1 aromatic heterocycles. The molecule has 3 rings (SSSR count).